The monoisotopic (exact) mass is 380 g/mol. The van der Waals surface area contributed by atoms with Gasteiger partial charge in [-0.05, 0) is 60.5 Å². The molecule has 0 bridgehead atoms. The number of rotatable bonds is 4. The van der Waals surface area contributed by atoms with E-state index >= 15 is 0 Å². The summed E-state index contributed by atoms with van der Waals surface area (Å²) in [5, 5.41) is 7.96. The number of nitrogens with one attached hydrogen (secondary N) is 2. The molecule has 2 N–H and O–H groups in total. The molecule has 0 aromatic heterocycles. The van der Waals surface area contributed by atoms with Crippen LogP contribution in [0.4, 0.5) is 5.69 Å². The Morgan fingerprint density at radius 1 is 0.885 bits per heavy atom. The number of benzene rings is 3. The number of hydrogen-bond acceptors (Lipinski definition) is 1. The third kappa shape index (κ3) is 4.43. The summed E-state index contributed by atoms with van der Waals surface area (Å²) in [6.07, 6.45) is 0. The van der Waals surface area contributed by atoms with Crippen LogP contribution in [0.5, 0.6) is 0 Å². The molecule has 1 atom stereocenters. The van der Waals surface area contributed by atoms with E-state index in [4.69, 9.17) is 23.8 Å². The van der Waals surface area contributed by atoms with Gasteiger partial charge < -0.3 is 10.6 Å². The molecule has 0 unspecified atom stereocenters. The molecule has 3 aromatic rings. The molecule has 0 aliphatic heterocycles. The Morgan fingerprint density at radius 3 is 2.27 bits per heavy atom. The van der Waals surface area contributed by atoms with E-state index < -0.39 is 0 Å². The highest BCUT2D eigenvalue weighted by Crippen LogP contribution is 2.25. The second kappa shape index (κ2) is 8.35. The molecule has 3 aromatic carbocycles. The van der Waals surface area contributed by atoms with Gasteiger partial charge in [-0.2, -0.15) is 0 Å². The summed E-state index contributed by atoms with van der Waals surface area (Å²) >= 11 is 11.8. The van der Waals surface area contributed by atoms with Crippen molar-refractivity contribution in [3.63, 3.8) is 0 Å². The minimum atomic E-state index is -0.0293. The van der Waals surface area contributed by atoms with Crippen LogP contribution in [0.2, 0.25) is 5.02 Å². The fourth-order valence-electron chi connectivity index (χ4n) is 2.87. The Bertz CT molecular complexity index is 909. The number of aryl methyl sites for hydroxylation is 2. The maximum atomic E-state index is 6.21. The molecule has 4 heteroatoms. The highest BCUT2D eigenvalue weighted by atomic mass is 35.5. The largest absolute Gasteiger partial charge is 0.352 e. The van der Waals surface area contributed by atoms with E-state index in [1.807, 2.05) is 49.4 Å². The molecule has 0 saturated carbocycles. The van der Waals surface area contributed by atoms with Crippen molar-refractivity contribution < 1.29 is 0 Å². The molecule has 0 fully saturated rings. The summed E-state index contributed by atoms with van der Waals surface area (Å²) in [5.41, 5.74) is 5.49. The van der Waals surface area contributed by atoms with E-state index in [1.54, 1.807) is 0 Å². The van der Waals surface area contributed by atoms with Crippen LogP contribution in [-0.2, 0) is 0 Å². The minimum absolute atomic E-state index is 0.0293. The average Bonchev–Trinajstić information content (AvgIpc) is 2.64. The van der Waals surface area contributed by atoms with Crippen LogP contribution in [0.1, 0.15) is 28.3 Å². The van der Waals surface area contributed by atoms with Gasteiger partial charge in [0, 0.05) is 10.7 Å². The Morgan fingerprint density at radius 2 is 1.58 bits per heavy atom. The van der Waals surface area contributed by atoms with Gasteiger partial charge in [0.1, 0.15) is 0 Å². The Labute approximate surface area is 165 Å². The standard InChI is InChI=1S/C22H21ClN2S/c1-15-8-6-7-11-19(15)21(17-9-4-3-5-10-17)25-22(26)24-18-13-12-16(2)20(23)14-18/h3-14,21H,1-2H3,(H2,24,25,26)/t21-/m1/s1. The molecule has 2 nitrogen and oxygen atoms in total. The fourth-order valence-corrected chi connectivity index (χ4v) is 3.28. The van der Waals surface area contributed by atoms with Gasteiger partial charge in [0.25, 0.3) is 0 Å². The smallest absolute Gasteiger partial charge is 0.171 e. The molecule has 26 heavy (non-hydrogen) atoms. The second-order valence-electron chi connectivity index (χ2n) is 6.26. The number of thiocarbonyl (C=S) groups is 1. The van der Waals surface area contributed by atoms with Crippen LogP contribution in [0.15, 0.2) is 72.8 Å². The molecule has 0 spiro atoms. The normalized spacial score (nSPS) is 11.7. The quantitative estimate of drug-likeness (QED) is 0.540. The topological polar surface area (TPSA) is 24.1 Å². The maximum absolute atomic E-state index is 6.21. The predicted molar refractivity (Wildman–Crippen MR) is 115 cm³/mol. The third-order valence-electron chi connectivity index (χ3n) is 4.34. The van der Waals surface area contributed by atoms with Crippen molar-refractivity contribution in [3.05, 3.63) is 100 Å². The highest BCUT2D eigenvalue weighted by Gasteiger charge is 2.17. The Kier molecular flexibility index (Phi) is 5.92. The van der Waals surface area contributed by atoms with Gasteiger partial charge in [-0.3, -0.25) is 0 Å². The van der Waals surface area contributed by atoms with E-state index in [-0.39, 0.29) is 6.04 Å². The zero-order valence-electron chi connectivity index (χ0n) is 14.8. The van der Waals surface area contributed by atoms with Crippen molar-refractivity contribution in [2.45, 2.75) is 19.9 Å². The SMILES string of the molecule is Cc1ccc(NC(=S)N[C@H](c2ccccc2)c2ccccc2C)cc1Cl. The first kappa shape index (κ1) is 18.4. The van der Waals surface area contributed by atoms with Crippen molar-refractivity contribution in [2.75, 3.05) is 5.32 Å². The summed E-state index contributed by atoms with van der Waals surface area (Å²) in [6, 6.07) is 24.5. The third-order valence-corrected chi connectivity index (χ3v) is 4.96. The van der Waals surface area contributed by atoms with Crippen LogP contribution in [0.25, 0.3) is 0 Å². The van der Waals surface area contributed by atoms with Gasteiger partial charge in [0.2, 0.25) is 0 Å². The first-order valence-electron chi connectivity index (χ1n) is 8.49. The van der Waals surface area contributed by atoms with Crippen LogP contribution < -0.4 is 10.6 Å². The molecule has 0 saturated heterocycles. The lowest BCUT2D eigenvalue weighted by molar-refractivity contribution is 0.762. The van der Waals surface area contributed by atoms with Crippen LogP contribution in [-0.4, -0.2) is 5.11 Å². The van der Waals surface area contributed by atoms with Crippen molar-refractivity contribution in [1.29, 1.82) is 0 Å². The van der Waals surface area contributed by atoms with E-state index in [9.17, 15) is 0 Å². The molecule has 0 radical (unpaired) electrons. The van der Waals surface area contributed by atoms with Crippen LogP contribution >= 0.6 is 23.8 Å². The lowest BCUT2D eigenvalue weighted by atomic mass is 9.95. The average molecular weight is 381 g/mol. The van der Waals surface area contributed by atoms with Crippen molar-refractivity contribution >= 4 is 34.6 Å². The molecular weight excluding hydrogens is 360 g/mol. The molecule has 0 aliphatic rings. The van der Waals surface area contributed by atoms with Gasteiger partial charge in [-0.15, -0.1) is 0 Å². The van der Waals surface area contributed by atoms with Gasteiger partial charge >= 0.3 is 0 Å². The molecular formula is C22H21ClN2S. The lowest BCUT2D eigenvalue weighted by Gasteiger charge is -2.23. The van der Waals surface area contributed by atoms with E-state index in [0.717, 1.165) is 21.8 Å². The van der Waals surface area contributed by atoms with Crippen molar-refractivity contribution in [1.82, 2.24) is 5.32 Å². The zero-order chi connectivity index (χ0) is 18.5. The van der Waals surface area contributed by atoms with Crippen LogP contribution in [0, 0.1) is 13.8 Å². The number of anilines is 1. The molecule has 0 amide bonds. The van der Waals surface area contributed by atoms with Gasteiger partial charge in [0.15, 0.2) is 5.11 Å². The fraction of sp³-hybridized carbons (Fsp3) is 0.136. The van der Waals surface area contributed by atoms with Crippen molar-refractivity contribution in [3.8, 4) is 0 Å². The van der Waals surface area contributed by atoms with Crippen LogP contribution in [0.3, 0.4) is 0 Å². The van der Waals surface area contributed by atoms with E-state index in [2.05, 4.69) is 47.9 Å². The van der Waals surface area contributed by atoms with E-state index in [0.29, 0.717) is 5.11 Å². The summed E-state index contributed by atoms with van der Waals surface area (Å²) < 4.78 is 0. The highest BCUT2D eigenvalue weighted by molar-refractivity contribution is 7.80. The first-order valence-corrected chi connectivity index (χ1v) is 9.27. The van der Waals surface area contributed by atoms with Gasteiger partial charge in [-0.1, -0.05) is 72.3 Å². The number of hydrogen-bond donors (Lipinski definition) is 2. The Hall–Kier alpha value is -2.36. The summed E-state index contributed by atoms with van der Waals surface area (Å²) in [6.45, 7) is 4.09. The molecule has 0 aliphatic carbocycles. The van der Waals surface area contributed by atoms with Gasteiger partial charge in [0.05, 0.1) is 6.04 Å². The van der Waals surface area contributed by atoms with Gasteiger partial charge in [-0.25, -0.2) is 0 Å². The Balaban J connectivity index is 1.85. The second-order valence-corrected chi connectivity index (χ2v) is 7.08. The number of halogens is 1. The summed E-state index contributed by atoms with van der Waals surface area (Å²) in [4.78, 5) is 0. The summed E-state index contributed by atoms with van der Waals surface area (Å²) in [5.74, 6) is 0. The zero-order valence-corrected chi connectivity index (χ0v) is 16.4. The molecule has 0 heterocycles. The molecule has 132 valence electrons. The van der Waals surface area contributed by atoms with E-state index in [1.165, 1.54) is 11.1 Å². The maximum Gasteiger partial charge on any atom is 0.171 e. The summed E-state index contributed by atoms with van der Waals surface area (Å²) in [7, 11) is 0. The van der Waals surface area contributed by atoms with Crippen molar-refractivity contribution in [2.24, 2.45) is 0 Å². The first-order chi connectivity index (χ1) is 12.5. The predicted octanol–water partition coefficient (Wildman–Crippen LogP) is 6.03. The minimum Gasteiger partial charge on any atom is -0.352 e. The lowest BCUT2D eigenvalue weighted by Crippen LogP contribution is -2.33. The molecule has 3 rings (SSSR count).